The van der Waals surface area contributed by atoms with E-state index in [9.17, 15) is 13.2 Å². The molecule has 0 bridgehead atoms. The van der Waals surface area contributed by atoms with Gasteiger partial charge in [0.25, 0.3) is 0 Å². The molecule has 0 aromatic heterocycles. The van der Waals surface area contributed by atoms with Gasteiger partial charge in [0.15, 0.2) is 0 Å². The molecule has 2 rings (SSSR count). The van der Waals surface area contributed by atoms with Crippen LogP contribution in [0, 0.1) is 0 Å². The maximum atomic E-state index is 12.7. The smallest absolute Gasteiger partial charge is 0.244 e. The number of nitrogens with zero attached hydrogens (tertiary/aromatic N) is 2. The molecule has 0 spiro atoms. The summed E-state index contributed by atoms with van der Waals surface area (Å²) in [6, 6.07) is 4.67. The molecule has 1 fully saturated rings. The van der Waals surface area contributed by atoms with Crippen molar-refractivity contribution in [1.82, 2.24) is 9.21 Å². The van der Waals surface area contributed by atoms with Crippen molar-refractivity contribution in [2.24, 2.45) is 0 Å². The number of sulfonamides is 1. The summed E-state index contributed by atoms with van der Waals surface area (Å²) in [6.07, 6.45) is 0.0223. The number of morpholine rings is 1. The lowest BCUT2D eigenvalue weighted by Crippen LogP contribution is -2.46. The van der Waals surface area contributed by atoms with Gasteiger partial charge in [0.1, 0.15) is 4.90 Å². The first-order chi connectivity index (χ1) is 12.3. The van der Waals surface area contributed by atoms with Crippen LogP contribution < -0.4 is 5.32 Å². The van der Waals surface area contributed by atoms with Crippen molar-refractivity contribution < 1.29 is 17.9 Å². The Kier molecular flexibility index (Phi) is 7.28. The lowest BCUT2D eigenvalue weighted by molar-refractivity contribution is -0.136. The number of ether oxygens (including phenoxy) is 1. The van der Waals surface area contributed by atoms with Gasteiger partial charge in [0.05, 0.1) is 24.3 Å². The Morgan fingerprint density at radius 3 is 2.69 bits per heavy atom. The third-order valence-electron chi connectivity index (χ3n) is 4.29. The second kappa shape index (κ2) is 9.03. The third kappa shape index (κ3) is 4.88. The molecule has 7 nitrogen and oxygen atoms in total. The lowest BCUT2D eigenvalue weighted by Gasteiger charge is -2.31. The molecule has 1 unspecified atom stereocenters. The first-order valence-corrected chi connectivity index (χ1v) is 10.5. The van der Waals surface area contributed by atoms with Crippen LogP contribution in [0.3, 0.4) is 0 Å². The second-order valence-corrected chi connectivity index (χ2v) is 8.42. The van der Waals surface area contributed by atoms with E-state index in [1.54, 1.807) is 24.8 Å². The van der Waals surface area contributed by atoms with Crippen LogP contribution in [-0.2, 0) is 19.6 Å². The highest BCUT2D eigenvalue weighted by Gasteiger charge is 2.25. The van der Waals surface area contributed by atoms with Gasteiger partial charge in [-0.1, -0.05) is 25.4 Å². The molecule has 1 N–H and O–H groups in total. The number of hydrogen-bond donors (Lipinski definition) is 1. The molecule has 1 amide bonds. The lowest BCUT2D eigenvalue weighted by atomic mass is 10.3. The van der Waals surface area contributed by atoms with Crippen molar-refractivity contribution in [1.29, 1.82) is 0 Å². The fourth-order valence-corrected chi connectivity index (χ4v) is 4.81. The molecule has 0 radical (unpaired) electrons. The SMILES string of the molecule is CCN(CC)S(=O)(=O)c1cc(NCC(=O)N2CCOC(C)C2)ccc1Cl. The maximum Gasteiger partial charge on any atom is 0.244 e. The summed E-state index contributed by atoms with van der Waals surface area (Å²) >= 11 is 6.12. The normalized spacial score (nSPS) is 18.2. The second-order valence-electron chi connectivity index (χ2n) is 6.11. The zero-order chi connectivity index (χ0) is 19.3. The molecule has 26 heavy (non-hydrogen) atoms. The van der Waals surface area contributed by atoms with E-state index in [-0.39, 0.29) is 28.5 Å². The van der Waals surface area contributed by atoms with Crippen molar-refractivity contribution in [2.45, 2.75) is 31.8 Å². The highest BCUT2D eigenvalue weighted by atomic mass is 35.5. The minimum Gasteiger partial charge on any atom is -0.376 e. The quantitative estimate of drug-likeness (QED) is 0.753. The third-order valence-corrected chi connectivity index (χ3v) is 6.82. The van der Waals surface area contributed by atoms with Crippen LogP contribution in [0.15, 0.2) is 23.1 Å². The Hall–Kier alpha value is -1.35. The van der Waals surface area contributed by atoms with Gasteiger partial charge < -0.3 is 15.0 Å². The van der Waals surface area contributed by atoms with Crippen LogP contribution in [0.4, 0.5) is 5.69 Å². The van der Waals surface area contributed by atoms with Gasteiger partial charge in [-0.25, -0.2) is 8.42 Å². The van der Waals surface area contributed by atoms with Gasteiger partial charge in [-0.05, 0) is 25.1 Å². The molecule has 1 aliphatic heterocycles. The Morgan fingerprint density at radius 1 is 1.38 bits per heavy atom. The standard InChI is InChI=1S/C17H26ClN3O4S/c1-4-21(5-2)26(23,24)16-10-14(6-7-15(16)18)19-11-17(22)20-8-9-25-13(3)12-20/h6-7,10,13,19H,4-5,8-9,11-12H2,1-3H3. The Labute approximate surface area is 160 Å². The van der Waals surface area contributed by atoms with Crippen molar-refractivity contribution in [3.05, 3.63) is 23.2 Å². The van der Waals surface area contributed by atoms with Crippen LogP contribution >= 0.6 is 11.6 Å². The first-order valence-electron chi connectivity index (χ1n) is 8.72. The van der Waals surface area contributed by atoms with Gasteiger partial charge in [-0.3, -0.25) is 4.79 Å². The minimum absolute atomic E-state index is 0.0223. The minimum atomic E-state index is -3.67. The van der Waals surface area contributed by atoms with Crippen molar-refractivity contribution in [3.8, 4) is 0 Å². The summed E-state index contributed by atoms with van der Waals surface area (Å²) in [4.78, 5) is 14.1. The molecule has 1 saturated heterocycles. The van der Waals surface area contributed by atoms with Crippen LogP contribution in [0.1, 0.15) is 20.8 Å². The molecule has 9 heteroatoms. The van der Waals surface area contributed by atoms with Gasteiger partial charge in [-0.15, -0.1) is 0 Å². The average molecular weight is 404 g/mol. The topological polar surface area (TPSA) is 79.0 Å². The Bertz CT molecular complexity index is 738. The van der Waals surface area contributed by atoms with E-state index in [0.717, 1.165) is 0 Å². The number of carbonyl (C=O) groups excluding carboxylic acids is 1. The predicted molar refractivity (Wildman–Crippen MR) is 102 cm³/mol. The van der Waals surface area contributed by atoms with E-state index in [1.807, 2.05) is 6.92 Å². The first kappa shape index (κ1) is 21.0. The summed E-state index contributed by atoms with van der Waals surface area (Å²) in [7, 11) is -3.67. The molecule has 1 heterocycles. The number of anilines is 1. The Balaban J connectivity index is 2.11. The van der Waals surface area contributed by atoms with E-state index in [1.165, 1.54) is 16.4 Å². The van der Waals surface area contributed by atoms with E-state index in [2.05, 4.69) is 5.32 Å². The largest absolute Gasteiger partial charge is 0.376 e. The average Bonchev–Trinajstić information content (AvgIpc) is 2.61. The van der Waals surface area contributed by atoms with Crippen molar-refractivity contribution in [3.63, 3.8) is 0 Å². The molecule has 1 aliphatic rings. The van der Waals surface area contributed by atoms with Gasteiger partial charge in [-0.2, -0.15) is 4.31 Å². The predicted octanol–water partition coefficient (Wildman–Crippen LogP) is 2.03. The highest BCUT2D eigenvalue weighted by molar-refractivity contribution is 7.89. The molecule has 1 atom stereocenters. The molecule has 146 valence electrons. The van der Waals surface area contributed by atoms with Gasteiger partial charge in [0.2, 0.25) is 15.9 Å². The van der Waals surface area contributed by atoms with Gasteiger partial charge in [0, 0.05) is 31.9 Å². The fraction of sp³-hybridized carbons (Fsp3) is 0.588. The summed E-state index contributed by atoms with van der Waals surface area (Å²) in [6.45, 7) is 7.94. The van der Waals surface area contributed by atoms with E-state index >= 15 is 0 Å². The molecule has 0 aliphatic carbocycles. The van der Waals surface area contributed by atoms with E-state index in [4.69, 9.17) is 16.3 Å². The van der Waals surface area contributed by atoms with Gasteiger partial charge >= 0.3 is 0 Å². The molecule has 0 saturated carbocycles. The van der Waals surface area contributed by atoms with Crippen LogP contribution in [0.5, 0.6) is 0 Å². The number of hydrogen-bond acceptors (Lipinski definition) is 5. The van der Waals surface area contributed by atoms with E-state index < -0.39 is 10.0 Å². The number of carbonyl (C=O) groups is 1. The monoisotopic (exact) mass is 403 g/mol. The van der Waals surface area contributed by atoms with E-state index in [0.29, 0.717) is 38.5 Å². The fourth-order valence-electron chi connectivity index (χ4n) is 2.85. The zero-order valence-corrected chi connectivity index (χ0v) is 16.9. The Morgan fingerprint density at radius 2 is 2.08 bits per heavy atom. The number of halogens is 1. The molecular weight excluding hydrogens is 378 g/mol. The number of amides is 1. The summed E-state index contributed by atoms with van der Waals surface area (Å²) in [5.41, 5.74) is 0.537. The molecule has 1 aromatic rings. The molecular formula is C17H26ClN3O4S. The summed E-state index contributed by atoms with van der Waals surface area (Å²) in [5, 5.41) is 3.16. The zero-order valence-electron chi connectivity index (χ0n) is 15.4. The van der Waals surface area contributed by atoms with Crippen LogP contribution in [0.25, 0.3) is 0 Å². The highest BCUT2D eigenvalue weighted by Crippen LogP contribution is 2.27. The summed E-state index contributed by atoms with van der Waals surface area (Å²) < 4.78 is 32.2. The van der Waals surface area contributed by atoms with Crippen LogP contribution in [-0.4, -0.2) is 69.0 Å². The molecule has 1 aromatic carbocycles. The maximum absolute atomic E-state index is 12.7. The van der Waals surface area contributed by atoms with Crippen molar-refractivity contribution in [2.75, 3.05) is 44.6 Å². The van der Waals surface area contributed by atoms with Crippen LogP contribution in [0.2, 0.25) is 5.02 Å². The number of rotatable bonds is 7. The number of benzene rings is 1. The number of nitrogens with one attached hydrogen (secondary N) is 1. The summed E-state index contributed by atoms with van der Waals surface area (Å²) in [5.74, 6) is -0.0525. The van der Waals surface area contributed by atoms with Crippen molar-refractivity contribution >= 4 is 33.2 Å².